The van der Waals surface area contributed by atoms with Crippen LogP contribution in [-0.2, 0) is 0 Å². The van der Waals surface area contributed by atoms with Crippen LogP contribution in [0, 0.1) is 0 Å². The predicted octanol–water partition coefficient (Wildman–Crippen LogP) is 3.08. The van der Waals surface area contributed by atoms with E-state index in [0.717, 1.165) is 21.9 Å². The lowest BCUT2D eigenvalue weighted by atomic mass is 10.3. The van der Waals surface area contributed by atoms with Crippen molar-refractivity contribution in [3.05, 3.63) is 59.0 Å². The molecule has 0 N–H and O–H groups in total. The van der Waals surface area contributed by atoms with E-state index in [0.29, 0.717) is 24.7 Å². The summed E-state index contributed by atoms with van der Waals surface area (Å²) in [6.07, 6.45) is 3.93. The second-order valence-electron chi connectivity index (χ2n) is 5.84. The quantitative estimate of drug-likeness (QED) is 0.677. The van der Waals surface area contributed by atoms with Gasteiger partial charge in [-0.15, -0.1) is 0 Å². The number of nitrogens with zero attached hydrogens (tertiary/aromatic N) is 4. The first-order valence-electron chi connectivity index (χ1n) is 7.98. The van der Waals surface area contributed by atoms with Crippen molar-refractivity contribution in [2.45, 2.75) is 12.5 Å². The Morgan fingerprint density at radius 2 is 1.96 bits per heavy atom. The van der Waals surface area contributed by atoms with Gasteiger partial charge in [0, 0.05) is 29.7 Å². The molecule has 7 heteroatoms. The average Bonchev–Trinajstić information content (AvgIpc) is 3.11. The lowest BCUT2D eigenvalue weighted by molar-refractivity contribution is 0.0765. The van der Waals surface area contributed by atoms with Gasteiger partial charge in [0.25, 0.3) is 5.91 Å². The van der Waals surface area contributed by atoms with Gasteiger partial charge < -0.3 is 9.64 Å². The molecule has 6 nitrogen and oxygen atoms in total. The van der Waals surface area contributed by atoms with Crippen LogP contribution in [0.15, 0.2) is 53.3 Å². The number of amides is 1. The number of hydrogen-bond donors (Lipinski definition) is 0. The maximum atomic E-state index is 12.7. The number of hydrogen-bond acceptors (Lipinski definition) is 5. The van der Waals surface area contributed by atoms with E-state index >= 15 is 0 Å². The van der Waals surface area contributed by atoms with Crippen LogP contribution in [0.3, 0.4) is 0 Å². The second kappa shape index (κ2) is 6.76. The number of fused-ring (bicyclic) bond motifs is 1. The molecule has 1 aliphatic heterocycles. The minimum absolute atomic E-state index is 0.0639. The molecule has 1 unspecified atom stereocenters. The molecule has 3 aromatic rings. The van der Waals surface area contributed by atoms with E-state index in [9.17, 15) is 4.79 Å². The first-order valence-corrected chi connectivity index (χ1v) is 8.77. The molecule has 0 radical (unpaired) electrons. The van der Waals surface area contributed by atoms with Gasteiger partial charge in [-0.05, 0) is 34.1 Å². The van der Waals surface area contributed by atoms with Gasteiger partial charge >= 0.3 is 0 Å². The summed E-state index contributed by atoms with van der Waals surface area (Å²) in [5, 5.41) is 0. The number of ether oxygens (including phenoxy) is 1. The number of likely N-dealkylation sites (tertiary alicyclic amines) is 1. The van der Waals surface area contributed by atoms with Crippen molar-refractivity contribution < 1.29 is 9.53 Å². The third kappa shape index (κ3) is 3.46. The van der Waals surface area contributed by atoms with Gasteiger partial charge in [0.05, 0.1) is 23.8 Å². The van der Waals surface area contributed by atoms with Gasteiger partial charge in [-0.25, -0.2) is 9.97 Å². The summed E-state index contributed by atoms with van der Waals surface area (Å²) in [4.78, 5) is 27.4. The van der Waals surface area contributed by atoms with Crippen molar-refractivity contribution in [3.63, 3.8) is 0 Å². The van der Waals surface area contributed by atoms with Crippen molar-refractivity contribution in [2.75, 3.05) is 13.1 Å². The van der Waals surface area contributed by atoms with Gasteiger partial charge in [0.15, 0.2) is 0 Å². The monoisotopic (exact) mass is 398 g/mol. The summed E-state index contributed by atoms with van der Waals surface area (Å²) in [5.41, 5.74) is 1.86. The number of para-hydroxylation sites is 2. The minimum Gasteiger partial charge on any atom is -0.472 e. The topological polar surface area (TPSA) is 68.2 Å². The molecule has 1 aliphatic rings. The number of halogens is 1. The third-order valence-corrected chi connectivity index (χ3v) is 4.56. The summed E-state index contributed by atoms with van der Waals surface area (Å²) in [6.45, 7) is 1.15. The zero-order valence-electron chi connectivity index (χ0n) is 13.3. The Morgan fingerprint density at radius 1 is 1.12 bits per heavy atom. The molecule has 0 aliphatic carbocycles. The van der Waals surface area contributed by atoms with Gasteiger partial charge in [0.1, 0.15) is 11.8 Å². The van der Waals surface area contributed by atoms with Gasteiger partial charge in [0.2, 0.25) is 5.88 Å². The molecule has 1 aromatic carbocycles. The normalized spacial score (nSPS) is 17.0. The Bertz CT molecular complexity index is 916. The van der Waals surface area contributed by atoms with Crippen LogP contribution in [0.25, 0.3) is 11.0 Å². The molecule has 1 atom stereocenters. The number of rotatable bonds is 3. The number of carbonyl (C=O) groups excluding carboxylic acids is 1. The number of aromatic nitrogens is 3. The SMILES string of the molecule is O=C(c1cnc2ccccc2n1)N1CCC(Oc2ccc(Br)cn2)C1. The zero-order chi connectivity index (χ0) is 17.2. The fourth-order valence-electron chi connectivity index (χ4n) is 2.83. The average molecular weight is 399 g/mol. The van der Waals surface area contributed by atoms with Crippen LogP contribution >= 0.6 is 15.9 Å². The lowest BCUT2D eigenvalue weighted by Gasteiger charge is -2.16. The Hall–Kier alpha value is -2.54. The summed E-state index contributed by atoms with van der Waals surface area (Å²) in [6, 6.07) is 11.2. The second-order valence-corrected chi connectivity index (χ2v) is 6.75. The third-order valence-electron chi connectivity index (χ3n) is 4.09. The molecule has 2 aromatic heterocycles. The Labute approximate surface area is 153 Å². The molecule has 0 bridgehead atoms. The maximum absolute atomic E-state index is 12.7. The van der Waals surface area contributed by atoms with E-state index in [4.69, 9.17) is 4.74 Å². The van der Waals surface area contributed by atoms with E-state index in [1.165, 1.54) is 6.20 Å². The van der Waals surface area contributed by atoms with Crippen LogP contribution in [0.2, 0.25) is 0 Å². The largest absolute Gasteiger partial charge is 0.472 e. The predicted molar refractivity (Wildman–Crippen MR) is 96.4 cm³/mol. The van der Waals surface area contributed by atoms with Gasteiger partial charge in [-0.1, -0.05) is 12.1 Å². The molecule has 1 fully saturated rings. The Balaban J connectivity index is 1.45. The zero-order valence-corrected chi connectivity index (χ0v) is 14.9. The van der Waals surface area contributed by atoms with Crippen LogP contribution in [-0.4, -0.2) is 45.0 Å². The highest BCUT2D eigenvalue weighted by Gasteiger charge is 2.29. The fraction of sp³-hybridized carbons (Fsp3) is 0.222. The summed E-state index contributed by atoms with van der Waals surface area (Å²) in [7, 11) is 0. The molecule has 126 valence electrons. The van der Waals surface area contributed by atoms with Crippen LogP contribution in [0.1, 0.15) is 16.9 Å². The highest BCUT2D eigenvalue weighted by atomic mass is 79.9. The van der Waals surface area contributed by atoms with Crippen molar-refractivity contribution in [1.82, 2.24) is 19.9 Å². The van der Waals surface area contributed by atoms with E-state index in [2.05, 4.69) is 30.9 Å². The van der Waals surface area contributed by atoms with Crippen LogP contribution in [0.5, 0.6) is 5.88 Å². The van der Waals surface area contributed by atoms with E-state index in [1.807, 2.05) is 36.4 Å². The highest BCUT2D eigenvalue weighted by Crippen LogP contribution is 2.20. The van der Waals surface area contributed by atoms with Gasteiger partial charge in [-0.3, -0.25) is 9.78 Å². The molecule has 0 saturated carbocycles. The molecule has 25 heavy (non-hydrogen) atoms. The van der Waals surface area contributed by atoms with Crippen LogP contribution in [0.4, 0.5) is 0 Å². The molecule has 1 saturated heterocycles. The Morgan fingerprint density at radius 3 is 2.76 bits per heavy atom. The first kappa shape index (κ1) is 16.0. The first-order chi connectivity index (χ1) is 12.2. The molecule has 0 spiro atoms. The van der Waals surface area contributed by atoms with E-state index < -0.39 is 0 Å². The number of pyridine rings is 1. The highest BCUT2D eigenvalue weighted by molar-refractivity contribution is 9.10. The van der Waals surface area contributed by atoms with Crippen molar-refractivity contribution >= 4 is 32.9 Å². The van der Waals surface area contributed by atoms with Crippen LogP contribution < -0.4 is 4.74 Å². The van der Waals surface area contributed by atoms with E-state index in [1.54, 1.807) is 11.1 Å². The molecule has 1 amide bonds. The van der Waals surface area contributed by atoms with E-state index in [-0.39, 0.29) is 12.0 Å². The summed E-state index contributed by atoms with van der Waals surface area (Å²) in [5.74, 6) is 0.445. The lowest BCUT2D eigenvalue weighted by Crippen LogP contribution is -2.31. The minimum atomic E-state index is -0.117. The summed E-state index contributed by atoms with van der Waals surface area (Å²) >= 11 is 3.35. The van der Waals surface area contributed by atoms with Gasteiger partial charge in [-0.2, -0.15) is 0 Å². The fourth-order valence-corrected chi connectivity index (χ4v) is 3.07. The van der Waals surface area contributed by atoms with Crippen molar-refractivity contribution in [2.24, 2.45) is 0 Å². The molecular weight excluding hydrogens is 384 g/mol. The standard InChI is InChI=1S/C18H15BrN4O2/c19-12-5-6-17(21-9-12)25-13-7-8-23(11-13)18(24)16-10-20-14-3-1-2-4-15(14)22-16/h1-6,9-10,13H,7-8,11H2. The molecule has 4 rings (SSSR count). The number of carbonyl (C=O) groups is 1. The van der Waals surface area contributed by atoms with Crippen molar-refractivity contribution in [1.29, 1.82) is 0 Å². The maximum Gasteiger partial charge on any atom is 0.274 e. The summed E-state index contributed by atoms with van der Waals surface area (Å²) < 4.78 is 6.76. The van der Waals surface area contributed by atoms with Crippen molar-refractivity contribution in [3.8, 4) is 5.88 Å². The smallest absolute Gasteiger partial charge is 0.274 e. The number of benzene rings is 1. The Kier molecular flexibility index (Phi) is 4.31. The molecular formula is C18H15BrN4O2. The molecule has 3 heterocycles.